The lowest BCUT2D eigenvalue weighted by Gasteiger charge is -2.24. The number of aryl methyl sites for hydroxylation is 1. The van der Waals surface area contributed by atoms with E-state index in [1.807, 2.05) is 6.92 Å². The molecule has 0 saturated heterocycles. The Bertz CT molecular complexity index is 1030. The van der Waals surface area contributed by atoms with Crippen molar-refractivity contribution in [2.75, 3.05) is 0 Å². The molecule has 1 aliphatic rings. The van der Waals surface area contributed by atoms with Crippen LogP contribution in [-0.4, -0.2) is 27.8 Å². The molecule has 6 nitrogen and oxygen atoms in total. The Balaban J connectivity index is 1.88. The zero-order valence-corrected chi connectivity index (χ0v) is 16.6. The smallest absolute Gasteiger partial charge is 0.223 e. The molecule has 3 rings (SSSR count). The number of rotatable bonds is 5. The Hall–Kier alpha value is -2.19. The van der Waals surface area contributed by atoms with Gasteiger partial charge in [0.05, 0.1) is 15.5 Å². The van der Waals surface area contributed by atoms with Gasteiger partial charge >= 0.3 is 0 Å². The third-order valence-electron chi connectivity index (χ3n) is 4.61. The van der Waals surface area contributed by atoms with Gasteiger partial charge in [-0.15, -0.1) is 0 Å². The molecule has 2 aromatic rings. The first kappa shape index (κ1) is 19.6. The summed E-state index contributed by atoms with van der Waals surface area (Å²) in [7, 11) is -7.46. The number of nitrogens with one attached hydrogen (secondary N) is 1. The molecule has 0 aliphatic heterocycles. The lowest BCUT2D eigenvalue weighted by molar-refractivity contribution is 0.568. The predicted molar refractivity (Wildman–Crippen MR) is 105 cm³/mol. The van der Waals surface area contributed by atoms with Crippen molar-refractivity contribution >= 4 is 25.6 Å². The summed E-state index contributed by atoms with van der Waals surface area (Å²) in [5, 5.41) is 3.22. The number of hydrogen-bond acceptors (Lipinski definition) is 5. The van der Waals surface area contributed by atoms with Crippen molar-refractivity contribution in [3.05, 3.63) is 60.2 Å². The van der Waals surface area contributed by atoms with Crippen molar-refractivity contribution in [1.82, 2.24) is 4.83 Å². The first-order chi connectivity index (χ1) is 12.8. The Kier molecular flexibility index (Phi) is 5.67. The van der Waals surface area contributed by atoms with Crippen molar-refractivity contribution in [2.45, 2.75) is 47.6 Å². The molecule has 0 bridgehead atoms. The van der Waals surface area contributed by atoms with Crippen LogP contribution in [-0.2, 0) is 19.9 Å². The Morgan fingerprint density at radius 1 is 0.889 bits per heavy atom. The molecule has 0 spiro atoms. The molecule has 0 radical (unpaired) electrons. The molecule has 0 aromatic heterocycles. The number of benzene rings is 2. The highest BCUT2D eigenvalue weighted by Gasteiger charge is 2.34. The van der Waals surface area contributed by atoms with Gasteiger partial charge in [0.25, 0.3) is 10.0 Å². The molecule has 0 heterocycles. The second-order valence-electron chi connectivity index (χ2n) is 6.60. The van der Waals surface area contributed by atoms with Crippen LogP contribution in [0.3, 0.4) is 0 Å². The van der Waals surface area contributed by atoms with Crippen molar-refractivity contribution in [1.29, 1.82) is 0 Å². The fourth-order valence-corrected chi connectivity index (χ4v) is 5.80. The predicted octanol–water partition coefficient (Wildman–Crippen LogP) is 3.05. The van der Waals surface area contributed by atoms with E-state index in [0.717, 1.165) is 18.4 Å². The van der Waals surface area contributed by atoms with Gasteiger partial charge in [0.2, 0.25) is 0 Å². The molecule has 1 aliphatic carbocycles. The first-order valence-corrected chi connectivity index (χ1v) is 11.8. The molecule has 1 atom stereocenters. The monoisotopic (exact) mass is 406 g/mol. The maximum absolute atomic E-state index is 13.0. The third-order valence-corrected chi connectivity index (χ3v) is 8.02. The van der Waals surface area contributed by atoms with E-state index < -0.39 is 25.1 Å². The number of sulfonamides is 1. The Morgan fingerprint density at radius 2 is 1.56 bits per heavy atom. The van der Waals surface area contributed by atoms with E-state index in [1.165, 1.54) is 12.1 Å². The van der Waals surface area contributed by atoms with Crippen LogP contribution in [0, 0.1) is 6.92 Å². The zero-order valence-electron chi connectivity index (χ0n) is 15.0. The second-order valence-corrected chi connectivity index (χ2v) is 10.4. The molecule has 1 N–H and O–H groups in total. The van der Waals surface area contributed by atoms with Crippen LogP contribution < -0.4 is 4.83 Å². The average molecular weight is 407 g/mol. The summed E-state index contributed by atoms with van der Waals surface area (Å²) < 4.78 is 50.8. The maximum Gasteiger partial charge on any atom is 0.276 e. The summed E-state index contributed by atoms with van der Waals surface area (Å²) >= 11 is 0. The van der Waals surface area contributed by atoms with Gasteiger partial charge in [0.15, 0.2) is 9.84 Å². The van der Waals surface area contributed by atoms with Gasteiger partial charge in [-0.3, -0.25) is 0 Å². The summed E-state index contributed by atoms with van der Waals surface area (Å²) in [6.45, 7) is 1.87. The van der Waals surface area contributed by atoms with Crippen LogP contribution in [0.15, 0.2) is 69.5 Å². The minimum absolute atomic E-state index is 0.0933. The van der Waals surface area contributed by atoms with Crippen molar-refractivity contribution in [2.24, 2.45) is 5.10 Å². The normalized spacial score (nSPS) is 19.7. The van der Waals surface area contributed by atoms with Crippen LogP contribution in [0.25, 0.3) is 0 Å². The first-order valence-electron chi connectivity index (χ1n) is 8.74. The second kappa shape index (κ2) is 7.82. The van der Waals surface area contributed by atoms with E-state index in [4.69, 9.17) is 0 Å². The van der Waals surface area contributed by atoms with E-state index in [1.54, 1.807) is 42.5 Å². The highest BCUT2D eigenvalue weighted by molar-refractivity contribution is 7.93. The van der Waals surface area contributed by atoms with Crippen LogP contribution in [0.5, 0.6) is 0 Å². The summed E-state index contributed by atoms with van der Waals surface area (Å²) in [5.41, 5.74) is 1.31. The lowest BCUT2D eigenvalue weighted by Crippen LogP contribution is -2.35. The number of hydrogen-bond donors (Lipinski definition) is 1. The molecular weight excluding hydrogens is 384 g/mol. The van der Waals surface area contributed by atoms with Gasteiger partial charge in [-0.05, 0) is 50.5 Å². The number of hydrazone groups is 1. The minimum atomic E-state index is -3.84. The molecule has 1 saturated carbocycles. The SMILES string of the molecule is Cc1ccc(S(=O)(=O)NN=C2CCCC[C@@H]2S(=O)(=O)c2ccccc2)cc1. The highest BCUT2D eigenvalue weighted by atomic mass is 32.2. The van der Waals surface area contributed by atoms with Crippen LogP contribution in [0.2, 0.25) is 0 Å². The molecule has 8 heteroatoms. The summed E-state index contributed by atoms with van der Waals surface area (Å²) in [4.78, 5) is 2.53. The fourth-order valence-electron chi connectivity index (χ4n) is 3.09. The van der Waals surface area contributed by atoms with Gasteiger partial charge in [-0.25, -0.2) is 13.2 Å². The van der Waals surface area contributed by atoms with Crippen LogP contribution >= 0.6 is 0 Å². The van der Waals surface area contributed by atoms with Gasteiger partial charge in [-0.1, -0.05) is 42.3 Å². The molecule has 0 unspecified atom stereocenters. The number of sulfone groups is 1. The van der Waals surface area contributed by atoms with Gasteiger partial charge in [0, 0.05) is 0 Å². The Labute approximate surface area is 160 Å². The highest BCUT2D eigenvalue weighted by Crippen LogP contribution is 2.27. The standard InChI is InChI=1S/C19H22N2O4S2/c1-15-11-13-17(14-12-15)27(24,25)21-20-18-9-5-6-10-19(18)26(22,23)16-7-3-2-4-8-16/h2-4,7-8,11-14,19,21H,5-6,9-10H2,1H3/t19-/m0/s1. The molecule has 144 valence electrons. The summed E-state index contributed by atoms with van der Waals surface area (Å²) in [5.74, 6) is 0. The minimum Gasteiger partial charge on any atom is -0.223 e. The molecule has 1 fully saturated rings. The molecule has 27 heavy (non-hydrogen) atoms. The van der Waals surface area contributed by atoms with Gasteiger partial charge in [-0.2, -0.15) is 13.5 Å². The van der Waals surface area contributed by atoms with Crippen molar-refractivity contribution in [3.8, 4) is 0 Å². The molecule has 2 aromatic carbocycles. The van der Waals surface area contributed by atoms with Gasteiger partial charge in [0.1, 0.15) is 5.25 Å². The maximum atomic E-state index is 13.0. The zero-order chi connectivity index (χ0) is 19.5. The topological polar surface area (TPSA) is 92.7 Å². The summed E-state index contributed by atoms with van der Waals surface area (Å²) in [6, 6.07) is 14.6. The van der Waals surface area contributed by atoms with E-state index in [-0.39, 0.29) is 9.79 Å². The summed E-state index contributed by atoms with van der Waals surface area (Å²) in [6.07, 6.45) is 2.43. The number of nitrogens with zero attached hydrogens (tertiary/aromatic N) is 1. The van der Waals surface area contributed by atoms with Crippen molar-refractivity contribution in [3.63, 3.8) is 0 Å². The van der Waals surface area contributed by atoms with Crippen LogP contribution in [0.1, 0.15) is 31.2 Å². The van der Waals surface area contributed by atoms with Crippen LogP contribution in [0.4, 0.5) is 0 Å². The molecule has 0 amide bonds. The molecular formula is C19H22N2O4S2. The lowest BCUT2D eigenvalue weighted by atomic mass is 9.98. The quantitative estimate of drug-likeness (QED) is 0.773. The van der Waals surface area contributed by atoms with E-state index in [2.05, 4.69) is 9.93 Å². The van der Waals surface area contributed by atoms with Crippen molar-refractivity contribution < 1.29 is 16.8 Å². The van der Waals surface area contributed by atoms with E-state index >= 15 is 0 Å². The largest absolute Gasteiger partial charge is 0.276 e. The third kappa shape index (κ3) is 4.39. The fraction of sp³-hybridized carbons (Fsp3) is 0.316. The van der Waals surface area contributed by atoms with E-state index in [9.17, 15) is 16.8 Å². The van der Waals surface area contributed by atoms with Gasteiger partial charge < -0.3 is 0 Å². The average Bonchev–Trinajstić information content (AvgIpc) is 2.68. The van der Waals surface area contributed by atoms with E-state index in [0.29, 0.717) is 18.6 Å². The Morgan fingerprint density at radius 3 is 2.22 bits per heavy atom.